The SMILES string of the molecule is COc1ccc(Nc2nnc(S[C@H](C)c3ccccc3Cl)s2)cc1. The van der Waals surface area contributed by atoms with Crippen molar-refractivity contribution >= 4 is 45.5 Å². The Balaban J connectivity index is 1.65. The van der Waals surface area contributed by atoms with E-state index in [9.17, 15) is 0 Å². The highest BCUT2D eigenvalue weighted by Crippen LogP contribution is 2.40. The molecule has 1 aromatic heterocycles. The van der Waals surface area contributed by atoms with Crippen molar-refractivity contribution in [3.8, 4) is 5.75 Å². The molecule has 0 spiro atoms. The van der Waals surface area contributed by atoms with Gasteiger partial charge in [-0.05, 0) is 42.8 Å². The predicted molar refractivity (Wildman–Crippen MR) is 102 cm³/mol. The van der Waals surface area contributed by atoms with Crippen LogP contribution in [0.4, 0.5) is 10.8 Å². The van der Waals surface area contributed by atoms with Crippen molar-refractivity contribution in [2.45, 2.75) is 16.5 Å². The van der Waals surface area contributed by atoms with Crippen LogP contribution in [0.25, 0.3) is 0 Å². The summed E-state index contributed by atoms with van der Waals surface area (Å²) in [6.07, 6.45) is 0. The molecule has 3 rings (SSSR count). The number of benzene rings is 2. The lowest BCUT2D eigenvalue weighted by Crippen LogP contribution is -1.89. The highest BCUT2D eigenvalue weighted by Gasteiger charge is 2.14. The van der Waals surface area contributed by atoms with Crippen LogP contribution >= 0.6 is 34.7 Å². The lowest BCUT2D eigenvalue weighted by molar-refractivity contribution is 0.415. The number of nitrogens with one attached hydrogen (secondary N) is 1. The minimum atomic E-state index is 0.209. The first-order valence-corrected chi connectivity index (χ1v) is 9.39. The molecule has 0 aliphatic heterocycles. The monoisotopic (exact) mass is 377 g/mol. The van der Waals surface area contributed by atoms with Gasteiger partial charge in [-0.2, -0.15) is 0 Å². The Kier molecular flexibility index (Phi) is 5.60. The Morgan fingerprint density at radius 1 is 1.12 bits per heavy atom. The molecular formula is C17H16ClN3OS2. The van der Waals surface area contributed by atoms with Crippen LogP contribution in [0.2, 0.25) is 5.02 Å². The van der Waals surface area contributed by atoms with Gasteiger partial charge in [-0.25, -0.2) is 0 Å². The number of nitrogens with zero attached hydrogens (tertiary/aromatic N) is 2. The van der Waals surface area contributed by atoms with E-state index in [-0.39, 0.29) is 5.25 Å². The Morgan fingerprint density at radius 3 is 2.58 bits per heavy atom. The zero-order chi connectivity index (χ0) is 16.9. The molecule has 2 aromatic carbocycles. The van der Waals surface area contributed by atoms with Gasteiger partial charge in [0.05, 0.1) is 7.11 Å². The second kappa shape index (κ2) is 7.88. The number of hydrogen-bond donors (Lipinski definition) is 1. The van der Waals surface area contributed by atoms with E-state index in [2.05, 4.69) is 22.4 Å². The number of ether oxygens (including phenoxy) is 1. The highest BCUT2D eigenvalue weighted by molar-refractivity contribution is 8.01. The molecule has 1 atom stereocenters. The van der Waals surface area contributed by atoms with Crippen LogP contribution in [-0.2, 0) is 0 Å². The molecule has 7 heteroatoms. The summed E-state index contributed by atoms with van der Waals surface area (Å²) >= 11 is 9.42. The molecule has 3 aromatic rings. The molecular weight excluding hydrogens is 362 g/mol. The number of methoxy groups -OCH3 is 1. The maximum atomic E-state index is 6.25. The zero-order valence-corrected chi connectivity index (χ0v) is 15.6. The first kappa shape index (κ1) is 17.1. The summed E-state index contributed by atoms with van der Waals surface area (Å²) < 4.78 is 6.05. The number of rotatable bonds is 6. The quantitative estimate of drug-likeness (QED) is 0.550. The van der Waals surface area contributed by atoms with Gasteiger partial charge in [-0.1, -0.05) is 52.9 Å². The van der Waals surface area contributed by atoms with Gasteiger partial charge in [-0.15, -0.1) is 10.2 Å². The van der Waals surface area contributed by atoms with E-state index in [0.717, 1.165) is 31.5 Å². The Hall–Kier alpha value is -1.76. The smallest absolute Gasteiger partial charge is 0.210 e. The fraction of sp³-hybridized carbons (Fsp3) is 0.176. The van der Waals surface area contributed by atoms with Crippen molar-refractivity contribution in [1.29, 1.82) is 0 Å². The van der Waals surface area contributed by atoms with Gasteiger partial charge < -0.3 is 10.1 Å². The van der Waals surface area contributed by atoms with Crippen molar-refractivity contribution in [3.63, 3.8) is 0 Å². The van der Waals surface area contributed by atoms with Crippen molar-refractivity contribution in [1.82, 2.24) is 10.2 Å². The van der Waals surface area contributed by atoms with E-state index in [1.807, 2.05) is 48.5 Å². The highest BCUT2D eigenvalue weighted by atomic mass is 35.5. The molecule has 0 bridgehead atoms. The summed E-state index contributed by atoms with van der Waals surface area (Å²) in [5.74, 6) is 0.822. The van der Waals surface area contributed by atoms with E-state index in [1.54, 1.807) is 18.9 Å². The fourth-order valence-corrected chi connectivity index (χ4v) is 4.57. The molecule has 1 N–H and O–H groups in total. The summed E-state index contributed by atoms with van der Waals surface area (Å²) in [6.45, 7) is 2.11. The average molecular weight is 378 g/mol. The maximum absolute atomic E-state index is 6.25. The summed E-state index contributed by atoms with van der Waals surface area (Å²) in [6, 6.07) is 15.6. The topological polar surface area (TPSA) is 47.0 Å². The Morgan fingerprint density at radius 2 is 1.88 bits per heavy atom. The predicted octanol–water partition coefficient (Wildman–Crippen LogP) is 5.80. The standard InChI is InChI=1S/C17H16ClN3OS2/c1-11(14-5-3-4-6-15(14)18)23-17-21-20-16(24-17)19-12-7-9-13(22-2)10-8-12/h3-11H,1-2H3,(H,19,20)/t11-/m1/s1. The molecule has 0 amide bonds. The summed E-state index contributed by atoms with van der Waals surface area (Å²) in [4.78, 5) is 0. The normalized spacial score (nSPS) is 12.0. The van der Waals surface area contributed by atoms with Crippen LogP contribution in [0.1, 0.15) is 17.7 Å². The minimum Gasteiger partial charge on any atom is -0.497 e. The molecule has 0 aliphatic rings. The van der Waals surface area contributed by atoms with E-state index in [1.165, 1.54) is 11.3 Å². The summed E-state index contributed by atoms with van der Waals surface area (Å²) in [5.41, 5.74) is 2.05. The van der Waals surface area contributed by atoms with Gasteiger partial charge in [0.25, 0.3) is 0 Å². The van der Waals surface area contributed by atoms with Crippen molar-refractivity contribution in [2.75, 3.05) is 12.4 Å². The van der Waals surface area contributed by atoms with Crippen molar-refractivity contribution in [2.24, 2.45) is 0 Å². The van der Waals surface area contributed by atoms with Gasteiger partial charge in [0, 0.05) is 16.0 Å². The largest absolute Gasteiger partial charge is 0.497 e. The van der Waals surface area contributed by atoms with Crippen LogP contribution in [0, 0.1) is 0 Å². The molecule has 1 heterocycles. The number of anilines is 2. The zero-order valence-electron chi connectivity index (χ0n) is 13.2. The maximum Gasteiger partial charge on any atom is 0.210 e. The molecule has 0 unspecified atom stereocenters. The van der Waals surface area contributed by atoms with E-state index in [4.69, 9.17) is 16.3 Å². The fourth-order valence-electron chi connectivity index (χ4n) is 2.13. The van der Waals surface area contributed by atoms with Crippen LogP contribution in [0.5, 0.6) is 5.75 Å². The lowest BCUT2D eigenvalue weighted by Gasteiger charge is -2.10. The molecule has 24 heavy (non-hydrogen) atoms. The van der Waals surface area contributed by atoms with E-state index >= 15 is 0 Å². The summed E-state index contributed by atoms with van der Waals surface area (Å²) in [5, 5.41) is 13.4. The Bertz CT molecular complexity index is 808. The van der Waals surface area contributed by atoms with Gasteiger partial charge in [0.2, 0.25) is 5.13 Å². The third-order valence-electron chi connectivity index (χ3n) is 3.37. The van der Waals surface area contributed by atoms with Crippen LogP contribution in [-0.4, -0.2) is 17.3 Å². The average Bonchev–Trinajstić information content (AvgIpc) is 3.02. The molecule has 4 nitrogen and oxygen atoms in total. The number of thioether (sulfide) groups is 1. The van der Waals surface area contributed by atoms with Crippen LogP contribution in [0.15, 0.2) is 52.9 Å². The lowest BCUT2D eigenvalue weighted by atomic mass is 10.2. The molecule has 124 valence electrons. The third-order valence-corrected chi connectivity index (χ3v) is 5.78. The minimum absolute atomic E-state index is 0.209. The second-order valence-electron chi connectivity index (χ2n) is 5.01. The third kappa shape index (κ3) is 4.20. The Labute approximate surface area is 154 Å². The molecule has 0 saturated carbocycles. The van der Waals surface area contributed by atoms with E-state index in [0.29, 0.717) is 0 Å². The first-order valence-electron chi connectivity index (χ1n) is 7.31. The van der Waals surface area contributed by atoms with Crippen LogP contribution in [0.3, 0.4) is 0 Å². The molecule has 0 fully saturated rings. The summed E-state index contributed by atoms with van der Waals surface area (Å²) in [7, 11) is 1.65. The molecule has 0 saturated heterocycles. The number of hydrogen-bond acceptors (Lipinski definition) is 6. The van der Waals surface area contributed by atoms with Gasteiger partial charge in [-0.3, -0.25) is 0 Å². The van der Waals surface area contributed by atoms with Gasteiger partial charge >= 0.3 is 0 Å². The first-order chi connectivity index (χ1) is 11.7. The molecule has 0 aliphatic carbocycles. The second-order valence-corrected chi connectivity index (χ2v) is 7.98. The van der Waals surface area contributed by atoms with E-state index < -0.39 is 0 Å². The van der Waals surface area contributed by atoms with Gasteiger partial charge in [0.15, 0.2) is 4.34 Å². The van der Waals surface area contributed by atoms with Crippen molar-refractivity contribution < 1.29 is 4.74 Å². The molecule has 0 radical (unpaired) electrons. The van der Waals surface area contributed by atoms with Gasteiger partial charge in [0.1, 0.15) is 5.75 Å². The number of aromatic nitrogens is 2. The van der Waals surface area contributed by atoms with Crippen molar-refractivity contribution in [3.05, 3.63) is 59.1 Å². The van der Waals surface area contributed by atoms with Crippen LogP contribution < -0.4 is 10.1 Å². The number of halogens is 1.